The third-order valence-corrected chi connectivity index (χ3v) is 4.97. The summed E-state index contributed by atoms with van der Waals surface area (Å²) in [7, 11) is 0. The lowest BCUT2D eigenvalue weighted by Crippen LogP contribution is -2.11. The molecule has 1 N–H and O–H groups in total. The molecule has 142 valence electrons. The summed E-state index contributed by atoms with van der Waals surface area (Å²) in [5, 5.41) is 9.45. The predicted octanol–water partition coefficient (Wildman–Crippen LogP) is 3.78. The van der Waals surface area contributed by atoms with Crippen molar-refractivity contribution in [2.24, 2.45) is 0 Å². The zero-order valence-electron chi connectivity index (χ0n) is 15.6. The van der Waals surface area contributed by atoms with Gasteiger partial charge in [0.05, 0.1) is 12.3 Å². The zero-order chi connectivity index (χ0) is 19.7. The summed E-state index contributed by atoms with van der Waals surface area (Å²) >= 11 is 1.49. The number of aromatic nitrogens is 5. The molecule has 0 bridgehead atoms. The Morgan fingerprint density at radius 2 is 2.14 bits per heavy atom. The minimum Gasteiger partial charge on any atom is -0.462 e. The zero-order valence-corrected chi connectivity index (χ0v) is 16.4. The smallest absolute Gasteiger partial charge is 0.343 e. The quantitative estimate of drug-likeness (QED) is 0.515. The van der Waals surface area contributed by atoms with E-state index in [2.05, 4.69) is 25.4 Å². The first-order valence-corrected chi connectivity index (χ1v) is 9.62. The van der Waals surface area contributed by atoms with Crippen LogP contribution in [0, 0.1) is 13.8 Å². The molecule has 0 saturated heterocycles. The van der Waals surface area contributed by atoms with Gasteiger partial charge >= 0.3 is 5.97 Å². The molecule has 0 amide bonds. The minimum atomic E-state index is -0.502. The van der Waals surface area contributed by atoms with Crippen LogP contribution in [0.25, 0.3) is 16.3 Å². The van der Waals surface area contributed by atoms with Crippen LogP contribution in [0.15, 0.2) is 35.8 Å². The molecule has 0 aliphatic heterocycles. The van der Waals surface area contributed by atoms with Crippen molar-refractivity contribution in [1.29, 1.82) is 0 Å². The molecule has 28 heavy (non-hydrogen) atoms. The number of hydrogen-bond donors (Lipinski definition) is 1. The van der Waals surface area contributed by atoms with Gasteiger partial charge in [-0.2, -0.15) is 4.98 Å². The first-order valence-electron chi connectivity index (χ1n) is 8.74. The molecular weight excluding hydrogens is 376 g/mol. The summed E-state index contributed by atoms with van der Waals surface area (Å²) < 4.78 is 6.87. The van der Waals surface area contributed by atoms with Gasteiger partial charge in [0.2, 0.25) is 10.9 Å². The van der Waals surface area contributed by atoms with Crippen LogP contribution >= 0.6 is 11.3 Å². The van der Waals surface area contributed by atoms with E-state index in [1.54, 1.807) is 11.4 Å². The Labute approximate surface area is 165 Å². The number of benzene rings is 1. The van der Waals surface area contributed by atoms with Gasteiger partial charge in [0, 0.05) is 17.1 Å². The number of nitrogens with zero attached hydrogens (tertiary/aromatic N) is 5. The second kappa shape index (κ2) is 7.35. The Morgan fingerprint density at radius 1 is 1.29 bits per heavy atom. The standard InChI is InChI=1S/C19H18N6O2S/c1-4-27-17(26)14-9-20-15(13-7-5-6-11(2)8-13)21-16(14)22-18-23-19-25(24-18)12(3)10-28-19/h5-10H,4H2,1-3H3,(H,20,21,22,24). The number of ether oxygens (including phenoxy) is 1. The van der Waals surface area contributed by atoms with Crippen LogP contribution in [0.5, 0.6) is 0 Å². The van der Waals surface area contributed by atoms with Crippen molar-refractivity contribution in [2.75, 3.05) is 11.9 Å². The van der Waals surface area contributed by atoms with Gasteiger partial charge in [-0.1, -0.05) is 23.8 Å². The van der Waals surface area contributed by atoms with Gasteiger partial charge in [-0.05, 0) is 26.8 Å². The van der Waals surface area contributed by atoms with E-state index >= 15 is 0 Å². The fourth-order valence-electron chi connectivity index (χ4n) is 2.71. The molecule has 0 radical (unpaired) electrons. The lowest BCUT2D eigenvalue weighted by atomic mass is 10.1. The van der Waals surface area contributed by atoms with Crippen LogP contribution in [-0.4, -0.2) is 37.1 Å². The topological polar surface area (TPSA) is 94.3 Å². The Bertz CT molecular complexity index is 1170. The third kappa shape index (κ3) is 3.44. The predicted molar refractivity (Wildman–Crippen MR) is 107 cm³/mol. The van der Waals surface area contributed by atoms with Crippen LogP contribution < -0.4 is 5.32 Å². The van der Waals surface area contributed by atoms with Gasteiger partial charge < -0.3 is 10.1 Å². The molecule has 4 aromatic rings. The number of anilines is 2. The monoisotopic (exact) mass is 394 g/mol. The lowest BCUT2D eigenvalue weighted by molar-refractivity contribution is 0.0526. The first-order chi connectivity index (χ1) is 13.5. The molecule has 3 aromatic heterocycles. The van der Waals surface area contributed by atoms with Crippen LogP contribution in [0.1, 0.15) is 28.5 Å². The summed E-state index contributed by atoms with van der Waals surface area (Å²) in [5.41, 5.74) is 3.16. The lowest BCUT2D eigenvalue weighted by Gasteiger charge is -2.10. The van der Waals surface area contributed by atoms with E-state index in [0.717, 1.165) is 21.8 Å². The maximum atomic E-state index is 12.3. The van der Waals surface area contributed by atoms with Gasteiger partial charge in [0.25, 0.3) is 0 Å². The van der Waals surface area contributed by atoms with Gasteiger partial charge in [0.1, 0.15) is 5.56 Å². The summed E-state index contributed by atoms with van der Waals surface area (Å²) in [4.78, 5) is 26.4. The van der Waals surface area contributed by atoms with E-state index in [-0.39, 0.29) is 12.2 Å². The molecular formula is C19H18N6O2S. The molecule has 4 rings (SSSR count). The van der Waals surface area contributed by atoms with E-state index < -0.39 is 5.97 Å². The Kier molecular flexibility index (Phi) is 4.74. The molecule has 1 aromatic carbocycles. The Morgan fingerprint density at radius 3 is 2.89 bits per heavy atom. The Balaban J connectivity index is 1.76. The maximum Gasteiger partial charge on any atom is 0.343 e. The van der Waals surface area contributed by atoms with E-state index in [0.29, 0.717) is 17.6 Å². The maximum absolute atomic E-state index is 12.3. The van der Waals surface area contributed by atoms with Crippen LogP contribution in [0.4, 0.5) is 11.8 Å². The molecule has 0 fully saturated rings. The van der Waals surface area contributed by atoms with Crippen molar-refractivity contribution in [2.45, 2.75) is 20.8 Å². The highest BCUT2D eigenvalue weighted by molar-refractivity contribution is 7.15. The van der Waals surface area contributed by atoms with Gasteiger partial charge in [0.15, 0.2) is 11.6 Å². The van der Waals surface area contributed by atoms with E-state index in [1.165, 1.54) is 17.5 Å². The largest absolute Gasteiger partial charge is 0.462 e. The SMILES string of the molecule is CCOC(=O)c1cnc(-c2cccc(C)c2)nc1Nc1nc2scc(C)n2n1. The summed E-state index contributed by atoms with van der Waals surface area (Å²) in [6.45, 7) is 5.96. The molecule has 0 aliphatic carbocycles. The molecule has 0 spiro atoms. The van der Waals surface area contributed by atoms with E-state index in [1.807, 2.05) is 43.5 Å². The highest BCUT2D eigenvalue weighted by atomic mass is 32.1. The number of rotatable bonds is 5. The van der Waals surface area contributed by atoms with Gasteiger partial charge in [-0.25, -0.2) is 19.3 Å². The highest BCUT2D eigenvalue weighted by Gasteiger charge is 2.19. The minimum absolute atomic E-state index is 0.230. The van der Waals surface area contributed by atoms with Gasteiger partial charge in [-0.3, -0.25) is 0 Å². The number of carbonyl (C=O) groups excluding carboxylic acids is 1. The van der Waals surface area contributed by atoms with Crippen molar-refractivity contribution >= 4 is 34.0 Å². The molecule has 0 unspecified atom stereocenters. The third-order valence-electron chi connectivity index (χ3n) is 4.04. The number of fused-ring (bicyclic) bond motifs is 1. The van der Waals surface area contributed by atoms with Crippen molar-refractivity contribution in [1.82, 2.24) is 24.6 Å². The van der Waals surface area contributed by atoms with E-state index in [4.69, 9.17) is 4.74 Å². The summed E-state index contributed by atoms with van der Waals surface area (Å²) in [6, 6.07) is 7.84. The van der Waals surface area contributed by atoms with Crippen molar-refractivity contribution in [3.05, 3.63) is 52.7 Å². The van der Waals surface area contributed by atoms with Crippen LogP contribution in [0.3, 0.4) is 0 Å². The molecule has 9 heteroatoms. The highest BCUT2D eigenvalue weighted by Crippen LogP contribution is 2.24. The molecule has 0 atom stereocenters. The summed E-state index contributed by atoms with van der Waals surface area (Å²) in [6.07, 6.45) is 1.47. The van der Waals surface area contributed by atoms with Crippen molar-refractivity contribution in [3.8, 4) is 11.4 Å². The van der Waals surface area contributed by atoms with Crippen LogP contribution in [-0.2, 0) is 4.74 Å². The van der Waals surface area contributed by atoms with Crippen molar-refractivity contribution < 1.29 is 9.53 Å². The number of hydrogen-bond acceptors (Lipinski definition) is 8. The summed E-state index contributed by atoms with van der Waals surface area (Å²) in [5.74, 6) is 0.657. The second-order valence-electron chi connectivity index (χ2n) is 6.18. The number of nitrogens with one attached hydrogen (secondary N) is 1. The molecule has 3 heterocycles. The molecule has 8 nitrogen and oxygen atoms in total. The number of esters is 1. The number of thiazole rings is 1. The van der Waals surface area contributed by atoms with Crippen LogP contribution in [0.2, 0.25) is 0 Å². The Hall–Kier alpha value is -3.33. The first kappa shape index (κ1) is 18.1. The van der Waals surface area contributed by atoms with E-state index in [9.17, 15) is 4.79 Å². The average molecular weight is 394 g/mol. The molecule has 0 aliphatic rings. The number of carbonyl (C=O) groups is 1. The number of aryl methyl sites for hydroxylation is 2. The second-order valence-corrected chi connectivity index (χ2v) is 7.01. The fraction of sp³-hybridized carbons (Fsp3) is 0.211. The van der Waals surface area contributed by atoms with Gasteiger partial charge in [-0.15, -0.1) is 16.4 Å². The normalized spacial score (nSPS) is 11.0. The average Bonchev–Trinajstić information content (AvgIpc) is 3.23. The fourth-order valence-corrected chi connectivity index (χ4v) is 3.51. The van der Waals surface area contributed by atoms with Crippen molar-refractivity contribution in [3.63, 3.8) is 0 Å². The molecule has 0 saturated carbocycles.